The zero-order valence-electron chi connectivity index (χ0n) is 14.9. The van der Waals surface area contributed by atoms with Crippen LogP contribution in [0.3, 0.4) is 0 Å². The van der Waals surface area contributed by atoms with Gasteiger partial charge < -0.3 is 16.4 Å². The van der Waals surface area contributed by atoms with Gasteiger partial charge in [-0.15, -0.1) is 0 Å². The third-order valence-corrected chi connectivity index (χ3v) is 4.41. The van der Waals surface area contributed by atoms with Crippen molar-refractivity contribution in [1.82, 2.24) is 10.6 Å². The number of nitrogens with zero attached hydrogens (tertiary/aromatic N) is 1. The van der Waals surface area contributed by atoms with Crippen LogP contribution in [0.4, 0.5) is 4.39 Å². The number of thioether (sulfide) groups is 1. The summed E-state index contributed by atoms with van der Waals surface area (Å²) in [6, 6.07) is 12.0. The first kappa shape index (κ1) is 19.8. The van der Waals surface area contributed by atoms with Gasteiger partial charge in [0.15, 0.2) is 5.96 Å². The Balaban J connectivity index is 1.96. The number of primary amides is 1. The van der Waals surface area contributed by atoms with Gasteiger partial charge in [0.1, 0.15) is 5.82 Å². The van der Waals surface area contributed by atoms with Crippen molar-refractivity contribution >= 4 is 23.6 Å². The molecule has 0 heterocycles. The lowest BCUT2D eigenvalue weighted by Crippen LogP contribution is -2.36. The van der Waals surface area contributed by atoms with Crippen molar-refractivity contribution in [3.05, 3.63) is 70.5 Å². The molecule has 7 heteroatoms. The van der Waals surface area contributed by atoms with Crippen LogP contribution in [0.1, 0.15) is 27.0 Å². The highest BCUT2D eigenvalue weighted by molar-refractivity contribution is 7.97. The highest BCUT2D eigenvalue weighted by Gasteiger charge is 2.06. The average Bonchev–Trinajstić information content (AvgIpc) is 2.63. The van der Waals surface area contributed by atoms with Gasteiger partial charge in [0.2, 0.25) is 5.91 Å². The van der Waals surface area contributed by atoms with Gasteiger partial charge in [-0.3, -0.25) is 9.79 Å². The third kappa shape index (κ3) is 5.77. The first-order valence-corrected chi connectivity index (χ1v) is 9.52. The van der Waals surface area contributed by atoms with Crippen LogP contribution >= 0.6 is 11.8 Å². The maximum atomic E-state index is 13.4. The molecule has 4 N–H and O–H groups in total. The molecule has 0 aliphatic carbocycles. The predicted octanol–water partition coefficient (Wildman–Crippen LogP) is 2.65. The third-order valence-electron chi connectivity index (χ3n) is 3.81. The number of aliphatic imine (C=N–C) groups is 1. The summed E-state index contributed by atoms with van der Waals surface area (Å²) in [6.07, 6.45) is 1.99. The van der Waals surface area contributed by atoms with E-state index in [-0.39, 0.29) is 5.82 Å². The van der Waals surface area contributed by atoms with Crippen LogP contribution < -0.4 is 16.4 Å². The minimum Gasteiger partial charge on any atom is -0.366 e. The minimum absolute atomic E-state index is 0.227. The number of hydrogen-bond donors (Lipinski definition) is 3. The number of carbonyl (C=O) groups is 1. The molecule has 0 saturated carbocycles. The fraction of sp³-hybridized carbons (Fsp3) is 0.263. The van der Waals surface area contributed by atoms with Gasteiger partial charge in [-0.05, 0) is 47.2 Å². The van der Waals surface area contributed by atoms with E-state index < -0.39 is 5.91 Å². The van der Waals surface area contributed by atoms with Crippen molar-refractivity contribution in [1.29, 1.82) is 0 Å². The summed E-state index contributed by atoms with van der Waals surface area (Å²) in [5.74, 6) is 0.691. The second kappa shape index (κ2) is 9.82. The summed E-state index contributed by atoms with van der Waals surface area (Å²) in [6.45, 7) is 1.04. The number of benzene rings is 2. The Hall–Kier alpha value is -2.54. The largest absolute Gasteiger partial charge is 0.366 e. The van der Waals surface area contributed by atoms with Crippen molar-refractivity contribution in [2.75, 3.05) is 13.3 Å². The van der Waals surface area contributed by atoms with E-state index in [1.807, 2.05) is 12.3 Å². The fourth-order valence-electron chi connectivity index (χ4n) is 2.48. The molecular formula is C19H23FN4OS. The molecule has 0 aromatic heterocycles. The number of hydrogen-bond acceptors (Lipinski definition) is 3. The summed E-state index contributed by atoms with van der Waals surface area (Å²) in [5, 5.41) is 6.42. The number of amides is 1. The van der Waals surface area contributed by atoms with E-state index in [0.717, 1.165) is 22.4 Å². The van der Waals surface area contributed by atoms with Crippen LogP contribution in [0.25, 0.3) is 0 Å². The van der Waals surface area contributed by atoms with Gasteiger partial charge >= 0.3 is 0 Å². The van der Waals surface area contributed by atoms with Crippen molar-refractivity contribution in [2.24, 2.45) is 10.7 Å². The number of rotatable bonds is 7. The maximum Gasteiger partial charge on any atom is 0.248 e. The topological polar surface area (TPSA) is 79.5 Å². The van der Waals surface area contributed by atoms with Gasteiger partial charge in [0.05, 0.1) is 0 Å². The summed E-state index contributed by atoms with van der Waals surface area (Å²) in [4.78, 5) is 15.4. The fourth-order valence-corrected chi connectivity index (χ4v) is 3.06. The zero-order valence-corrected chi connectivity index (χ0v) is 15.7. The molecule has 26 heavy (non-hydrogen) atoms. The van der Waals surface area contributed by atoms with Crippen LogP contribution in [-0.2, 0) is 18.8 Å². The summed E-state index contributed by atoms with van der Waals surface area (Å²) in [5.41, 5.74) is 8.69. The van der Waals surface area contributed by atoms with Crippen molar-refractivity contribution in [3.63, 3.8) is 0 Å². The first-order chi connectivity index (χ1) is 12.5. The van der Waals surface area contributed by atoms with Crippen LogP contribution in [0, 0.1) is 5.82 Å². The van der Waals surface area contributed by atoms with E-state index in [4.69, 9.17) is 5.73 Å². The zero-order chi connectivity index (χ0) is 18.9. The smallest absolute Gasteiger partial charge is 0.248 e. The Morgan fingerprint density at radius 2 is 1.92 bits per heavy atom. The summed E-state index contributed by atoms with van der Waals surface area (Å²) >= 11 is 1.65. The van der Waals surface area contributed by atoms with Crippen LogP contribution in [0.15, 0.2) is 47.5 Å². The lowest BCUT2D eigenvalue weighted by molar-refractivity contribution is 0.1000. The van der Waals surface area contributed by atoms with Gasteiger partial charge in [-0.2, -0.15) is 11.8 Å². The average molecular weight is 374 g/mol. The van der Waals surface area contributed by atoms with E-state index >= 15 is 0 Å². The Labute approximate surface area is 157 Å². The molecule has 0 saturated heterocycles. The normalized spacial score (nSPS) is 11.3. The van der Waals surface area contributed by atoms with Crippen LogP contribution in [0.5, 0.6) is 0 Å². The van der Waals surface area contributed by atoms with Crippen molar-refractivity contribution in [3.8, 4) is 0 Å². The lowest BCUT2D eigenvalue weighted by atomic mass is 10.1. The number of carbonyl (C=O) groups excluding carboxylic acids is 1. The molecule has 138 valence electrons. The molecule has 2 rings (SSSR count). The summed E-state index contributed by atoms with van der Waals surface area (Å²) in [7, 11) is 1.68. The van der Waals surface area contributed by atoms with E-state index in [0.29, 0.717) is 24.6 Å². The van der Waals surface area contributed by atoms with E-state index in [1.165, 1.54) is 6.07 Å². The first-order valence-electron chi connectivity index (χ1n) is 8.13. The van der Waals surface area contributed by atoms with E-state index in [1.54, 1.807) is 49.1 Å². The second-order valence-electron chi connectivity index (χ2n) is 5.69. The predicted molar refractivity (Wildman–Crippen MR) is 106 cm³/mol. The van der Waals surface area contributed by atoms with Gasteiger partial charge in [0.25, 0.3) is 0 Å². The quantitative estimate of drug-likeness (QED) is 0.514. The SMILES string of the molecule is CN=C(NCc1cccc(C(N)=O)c1)NCc1ccc(F)cc1CSC. The highest BCUT2D eigenvalue weighted by atomic mass is 32.2. The van der Waals surface area contributed by atoms with Gasteiger partial charge in [-0.25, -0.2) is 4.39 Å². The molecule has 1 amide bonds. The molecule has 2 aromatic rings. The minimum atomic E-state index is -0.452. The Morgan fingerprint density at radius 3 is 2.62 bits per heavy atom. The van der Waals surface area contributed by atoms with E-state index in [2.05, 4.69) is 15.6 Å². The molecule has 0 spiro atoms. The number of guanidine groups is 1. The molecule has 0 bridgehead atoms. The molecule has 0 aliphatic heterocycles. The molecule has 0 radical (unpaired) electrons. The molecule has 0 aliphatic rings. The van der Waals surface area contributed by atoms with E-state index in [9.17, 15) is 9.18 Å². The molecule has 0 fully saturated rings. The van der Waals surface area contributed by atoms with Crippen LogP contribution in [0.2, 0.25) is 0 Å². The lowest BCUT2D eigenvalue weighted by Gasteiger charge is -2.14. The van der Waals surface area contributed by atoms with Gasteiger partial charge in [0, 0.05) is 31.5 Å². The maximum absolute atomic E-state index is 13.4. The molecule has 0 unspecified atom stereocenters. The highest BCUT2D eigenvalue weighted by Crippen LogP contribution is 2.16. The second-order valence-corrected chi connectivity index (χ2v) is 6.56. The Bertz CT molecular complexity index is 795. The number of nitrogens with one attached hydrogen (secondary N) is 2. The molecule has 2 aromatic carbocycles. The Morgan fingerprint density at radius 1 is 1.15 bits per heavy atom. The monoisotopic (exact) mass is 374 g/mol. The standard InChI is InChI=1S/C19H23FN4OS/c1-22-19(23-10-13-4-3-5-14(8-13)18(21)25)24-11-15-6-7-17(20)9-16(15)12-26-2/h3-9H,10-12H2,1-2H3,(H2,21,25)(H2,22,23,24). The number of halogens is 1. The van der Waals surface area contributed by atoms with Crippen LogP contribution in [-0.4, -0.2) is 25.2 Å². The Kier molecular flexibility index (Phi) is 7.47. The molecule has 0 atom stereocenters. The molecule has 5 nitrogen and oxygen atoms in total. The van der Waals surface area contributed by atoms with Crippen molar-refractivity contribution < 1.29 is 9.18 Å². The number of nitrogens with two attached hydrogens (primary N) is 1. The van der Waals surface area contributed by atoms with Gasteiger partial charge in [-0.1, -0.05) is 18.2 Å². The molecular weight excluding hydrogens is 351 g/mol. The van der Waals surface area contributed by atoms with Crippen molar-refractivity contribution in [2.45, 2.75) is 18.8 Å². The summed E-state index contributed by atoms with van der Waals surface area (Å²) < 4.78 is 13.4.